The predicted molar refractivity (Wildman–Crippen MR) is 354 cm³/mol. The second-order valence-corrected chi connectivity index (χ2v) is 24.6. The number of anilines is 3. The first-order valence-corrected chi connectivity index (χ1v) is 30.4. The second kappa shape index (κ2) is 21.1. The van der Waals surface area contributed by atoms with Crippen molar-refractivity contribution in [3.8, 4) is 72.4 Å². The Morgan fingerprint density at radius 3 is 1.48 bits per heavy atom. The Morgan fingerprint density at radius 2 is 0.819 bits per heavy atom. The molecule has 0 radical (unpaired) electrons. The molecule has 0 saturated carbocycles. The van der Waals surface area contributed by atoms with E-state index in [-0.39, 0.29) is 10.8 Å². The van der Waals surface area contributed by atoms with E-state index in [2.05, 4.69) is 294 Å². The van der Waals surface area contributed by atoms with Crippen LogP contribution in [-0.4, -0.2) is 4.57 Å². The highest BCUT2D eigenvalue weighted by atomic mass is 15.1. The molecule has 0 amide bonds. The van der Waals surface area contributed by atoms with Gasteiger partial charge in [0, 0.05) is 44.4 Å². The molecule has 2 heteroatoms. The van der Waals surface area contributed by atoms with Crippen molar-refractivity contribution in [2.75, 3.05) is 4.90 Å². The molecule has 2 nitrogen and oxygen atoms in total. The van der Waals surface area contributed by atoms with Crippen LogP contribution in [0, 0.1) is 13.8 Å². The van der Waals surface area contributed by atoms with Crippen LogP contribution < -0.4 is 4.90 Å². The highest BCUT2D eigenvalue weighted by molar-refractivity contribution is 6.12. The summed E-state index contributed by atoms with van der Waals surface area (Å²) >= 11 is 0. The van der Waals surface area contributed by atoms with Crippen molar-refractivity contribution < 1.29 is 0 Å². The van der Waals surface area contributed by atoms with Gasteiger partial charge in [0.25, 0.3) is 0 Å². The number of fused-ring (bicyclic) bond motifs is 9. The van der Waals surface area contributed by atoms with Crippen molar-refractivity contribution >= 4 is 38.9 Å². The van der Waals surface area contributed by atoms with Crippen LogP contribution in [0.4, 0.5) is 17.1 Å². The third-order valence-electron chi connectivity index (χ3n) is 18.7. The van der Waals surface area contributed by atoms with Crippen LogP contribution in [0.15, 0.2) is 243 Å². The fourth-order valence-electron chi connectivity index (χ4n) is 14.3. The van der Waals surface area contributed by atoms with Gasteiger partial charge in [0.15, 0.2) is 0 Å². The van der Waals surface area contributed by atoms with E-state index in [1.807, 2.05) is 0 Å². The number of hydrogen-bond acceptors (Lipinski definition) is 1. The van der Waals surface area contributed by atoms with Gasteiger partial charge in [0.1, 0.15) is 0 Å². The number of benzene rings is 11. The summed E-state index contributed by atoms with van der Waals surface area (Å²) in [6.07, 6.45) is 8.98. The number of aryl methyl sites for hydroxylation is 2. The van der Waals surface area contributed by atoms with Gasteiger partial charge in [0.05, 0.1) is 11.0 Å². The van der Waals surface area contributed by atoms with Crippen LogP contribution >= 0.6 is 0 Å². The summed E-state index contributed by atoms with van der Waals surface area (Å²) in [6, 6.07) is 91.6. The van der Waals surface area contributed by atoms with Gasteiger partial charge >= 0.3 is 0 Å². The Morgan fingerprint density at radius 1 is 0.337 bits per heavy atom. The van der Waals surface area contributed by atoms with Gasteiger partial charge in [-0.1, -0.05) is 236 Å². The Bertz CT molecular complexity index is 4410. The molecule has 1 heterocycles. The first-order valence-electron chi connectivity index (χ1n) is 30.4. The first kappa shape index (κ1) is 52.1. The lowest BCUT2D eigenvalue weighted by molar-refractivity contribution is 0.480. The zero-order chi connectivity index (χ0) is 56.4. The monoisotopic (exact) mass is 1070 g/mol. The lowest BCUT2D eigenvalue weighted by Gasteiger charge is -2.28. The number of hydrogen-bond donors (Lipinski definition) is 0. The molecule has 406 valence electrons. The quantitative estimate of drug-likeness (QED) is 0.0929. The Hall–Kier alpha value is -8.98. The maximum Gasteiger partial charge on any atom is 0.0541 e. The largest absolute Gasteiger partial charge is 0.310 e. The average Bonchev–Trinajstić information content (AvgIpc) is 2.65. The standard InChI is InChI=1S/C81H72N2/c1-7-8-9-10-11-20-45-81(6)76-48-54(2)27-40-70(76)71-41-32-62(52-77(71)81)63-46-55(3)47-67(49-63)83-78-43-33-60(57-23-16-13-17-24-57)50-72(78)73-51-61(34-44-79(73)83)59-30-37-65(38-31-59)82(64-35-28-58(29-36-64)56-21-14-12-15-22-56)66-39-42-69-68-25-18-19-26-74(68)80(4,5)75(69)53-66/h12-19,21-44,46-53H,7-11,20,45H2,1-6H3. The molecule has 83 heavy (non-hydrogen) atoms. The van der Waals surface area contributed by atoms with E-state index in [1.165, 1.54) is 166 Å². The zero-order valence-corrected chi connectivity index (χ0v) is 48.9. The van der Waals surface area contributed by atoms with Crippen LogP contribution in [0.3, 0.4) is 0 Å². The van der Waals surface area contributed by atoms with Gasteiger partial charge in [-0.15, -0.1) is 0 Å². The van der Waals surface area contributed by atoms with E-state index in [0.29, 0.717) is 0 Å². The summed E-state index contributed by atoms with van der Waals surface area (Å²) < 4.78 is 2.51. The van der Waals surface area contributed by atoms with Crippen LogP contribution in [0.1, 0.15) is 106 Å². The van der Waals surface area contributed by atoms with Crippen molar-refractivity contribution in [1.29, 1.82) is 0 Å². The molecule has 11 aromatic carbocycles. The normalized spacial score (nSPS) is 14.6. The summed E-state index contributed by atoms with van der Waals surface area (Å²) in [5.74, 6) is 0. The molecule has 14 rings (SSSR count). The van der Waals surface area contributed by atoms with E-state index >= 15 is 0 Å². The molecule has 0 fully saturated rings. The lowest BCUT2D eigenvalue weighted by Crippen LogP contribution is -2.21. The lowest BCUT2D eigenvalue weighted by atomic mass is 9.75. The molecular formula is C81H72N2. The topological polar surface area (TPSA) is 8.17 Å². The Balaban J connectivity index is 0.850. The van der Waals surface area contributed by atoms with Crippen molar-refractivity contribution in [2.45, 2.75) is 97.3 Å². The Labute approximate surface area is 491 Å². The van der Waals surface area contributed by atoms with Crippen molar-refractivity contribution in [1.82, 2.24) is 4.57 Å². The summed E-state index contributed by atoms with van der Waals surface area (Å²) in [6.45, 7) is 14.1. The summed E-state index contributed by atoms with van der Waals surface area (Å²) in [4.78, 5) is 2.42. The number of aromatic nitrogens is 1. The molecule has 0 aliphatic heterocycles. The number of unbranched alkanes of at least 4 members (excludes halogenated alkanes) is 5. The molecule has 1 aromatic heterocycles. The maximum atomic E-state index is 2.54. The van der Waals surface area contributed by atoms with Crippen LogP contribution in [0.25, 0.3) is 94.3 Å². The third kappa shape index (κ3) is 9.21. The fourth-order valence-corrected chi connectivity index (χ4v) is 14.3. The minimum absolute atomic E-state index is 0.0347. The van der Waals surface area contributed by atoms with E-state index in [9.17, 15) is 0 Å². The molecule has 12 aromatic rings. The average molecular weight is 1070 g/mol. The summed E-state index contributed by atoms with van der Waals surface area (Å²) in [7, 11) is 0. The van der Waals surface area contributed by atoms with Crippen LogP contribution in [0.5, 0.6) is 0 Å². The van der Waals surface area contributed by atoms with Gasteiger partial charge in [-0.2, -0.15) is 0 Å². The summed E-state index contributed by atoms with van der Waals surface area (Å²) in [5.41, 5.74) is 30.3. The molecule has 0 bridgehead atoms. The van der Waals surface area contributed by atoms with Gasteiger partial charge in [-0.3, -0.25) is 0 Å². The van der Waals surface area contributed by atoms with E-state index in [1.54, 1.807) is 0 Å². The van der Waals surface area contributed by atoms with Gasteiger partial charge in [-0.25, -0.2) is 0 Å². The van der Waals surface area contributed by atoms with E-state index < -0.39 is 0 Å². The zero-order valence-electron chi connectivity index (χ0n) is 48.9. The molecule has 0 spiro atoms. The fraction of sp³-hybridized carbons (Fsp3) is 0.185. The first-order chi connectivity index (χ1) is 40.5. The van der Waals surface area contributed by atoms with Gasteiger partial charge < -0.3 is 9.47 Å². The van der Waals surface area contributed by atoms with Crippen molar-refractivity contribution in [3.63, 3.8) is 0 Å². The highest BCUT2D eigenvalue weighted by Gasteiger charge is 2.39. The second-order valence-electron chi connectivity index (χ2n) is 24.6. The molecule has 0 saturated heterocycles. The Kier molecular flexibility index (Phi) is 13.2. The molecule has 1 atom stereocenters. The SMILES string of the molecule is CCCCCCCCC1(C)c2cc(C)ccc2-c2ccc(-c3cc(C)cc(-n4c5ccc(-c6ccccc6)cc5c5cc(-c6ccc(N(c7ccc(-c8ccccc8)cc7)c7ccc8c(c7)C(C)(C)c7ccccc7-8)cc6)ccc54)c3)cc21. The van der Waals surface area contributed by atoms with Crippen molar-refractivity contribution in [3.05, 3.63) is 276 Å². The highest BCUT2D eigenvalue weighted by Crippen LogP contribution is 2.54. The third-order valence-corrected chi connectivity index (χ3v) is 18.7. The maximum absolute atomic E-state index is 2.54. The molecular weight excluding hydrogens is 1000 g/mol. The molecule has 2 aliphatic rings. The van der Waals surface area contributed by atoms with Crippen LogP contribution in [-0.2, 0) is 10.8 Å². The summed E-state index contributed by atoms with van der Waals surface area (Å²) in [5, 5.41) is 2.48. The smallest absolute Gasteiger partial charge is 0.0541 e. The molecule has 0 N–H and O–H groups in total. The predicted octanol–water partition coefficient (Wildman–Crippen LogP) is 22.9. The number of rotatable bonds is 15. The minimum atomic E-state index is -0.121. The van der Waals surface area contributed by atoms with Gasteiger partial charge in [-0.05, 0) is 194 Å². The molecule has 1 unspecified atom stereocenters. The molecule has 2 aliphatic carbocycles. The minimum Gasteiger partial charge on any atom is -0.310 e. The van der Waals surface area contributed by atoms with E-state index in [0.717, 1.165) is 23.5 Å². The van der Waals surface area contributed by atoms with Crippen molar-refractivity contribution in [2.24, 2.45) is 0 Å². The van der Waals surface area contributed by atoms with Gasteiger partial charge in [0.2, 0.25) is 0 Å². The van der Waals surface area contributed by atoms with E-state index in [4.69, 9.17) is 0 Å². The van der Waals surface area contributed by atoms with Crippen LogP contribution in [0.2, 0.25) is 0 Å². The number of nitrogens with zero attached hydrogens (tertiary/aromatic N) is 2.